The maximum absolute atomic E-state index is 12.2. The van der Waals surface area contributed by atoms with E-state index in [1.165, 1.54) is 10.9 Å². The molecule has 13 heteroatoms. The maximum atomic E-state index is 12.2. The van der Waals surface area contributed by atoms with Crippen LogP contribution in [0.5, 0.6) is 0 Å². The lowest BCUT2D eigenvalue weighted by Gasteiger charge is -2.24. The fourth-order valence-electron chi connectivity index (χ4n) is 3.23. The summed E-state index contributed by atoms with van der Waals surface area (Å²) in [4.78, 5) is 47.1. The Bertz CT molecular complexity index is 1070. The molecule has 1 saturated heterocycles. The quantitative estimate of drug-likeness (QED) is 0.329. The predicted molar refractivity (Wildman–Crippen MR) is 113 cm³/mol. The van der Waals surface area contributed by atoms with Gasteiger partial charge in [0.2, 0.25) is 0 Å². The van der Waals surface area contributed by atoms with Gasteiger partial charge in [0.25, 0.3) is 0 Å². The van der Waals surface area contributed by atoms with Gasteiger partial charge >= 0.3 is 17.9 Å². The van der Waals surface area contributed by atoms with Crippen molar-refractivity contribution in [3.8, 4) is 0 Å². The van der Waals surface area contributed by atoms with E-state index in [0.717, 1.165) is 0 Å². The van der Waals surface area contributed by atoms with E-state index >= 15 is 0 Å². The van der Waals surface area contributed by atoms with Crippen LogP contribution in [0.4, 0.5) is 5.95 Å². The van der Waals surface area contributed by atoms with E-state index < -0.39 is 42.4 Å². The van der Waals surface area contributed by atoms with Crippen LogP contribution in [0.1, 0.15) is 46.3 Å². The Morgan fingerprint density at radius 1 is 1.12 bits per heavy atom. The summed E-state index contributed by atoms with van der Waals surface area (Å²) in [5, 5.41) is 0. The number of carbonyl (C=O) groups excluding carboxylic acids is 3. The number of imidazole rings is 1. The highest BCUT2D eigenvalue weighted by molar-refractivity contribution is 7.71. The normalized spacial score (nSPS) is 22.6. The molecule has 0 saturated carbocycles. The number of aromatic nitrogens is 4. The molecule has 1 fully saturated rings. The van der Waals surface area contributed by atoms with Crippen LogP contribution in [0.3, 0.4) is 0 Å². The summed E-state index contributed by atoms with van der Waals surface area (Å²) in [6, 6.07) is 0. The number of nitrogen functional groups attached to an aromatic ring is 1. The summed E-state index contributed by atoms with van der Waals surface area (Å²) in [7, 11) is 0. The number of hydrogen-bond acceptors (Lipinski definition) is 11. The van der Waals surface area contributed by atoms with E-state index in [1.54, 1.807) is 20.8 Å². The first kappa shape index (κ1) is 23.6. The molecule has 4 unspecified atom stereocenters. The van der Waals surface area contributed by atoms with Gasteiger partial charge in [-0.25, -0.2) is 9.97 Å². The molecule has 4 atom stereocenters. The van der Waals surface area contributed by atoms with Crippen LogP contribution in [0, 0.1) is 4.64 Å². The number of carbonyl (C=O) groups is 3. The Kier molecular flexibility index (Phi) is 7.40. The van der Waals surface area contributed by atoms with E-state index in [-0.39, 0.29) is 36.5 Å². The minimum atomic E-state index is -1.04. The molecule has 3 N–H and O–H groups in total. The number of nitrogens with zero attached hydrogens (tertiary/aromatic N) is 3. The van der Waals surface area contributed by atoms with E-state index in [0.29, 0.717) is 11.2 Å². The lowest BCUT2D eigenvalue weighted by Crippen LogP contribution is -2.41. The first-order valence-corrected chi connectivity index (χ1v) is 10.6. The SMILES string of the molecule is CCC(=O)OCC1OC(n2cnc3c(=S)nc(N)[nH]c32)C(OC(=O)CC)C1OC(=O)CC. The van der Waals surface area contributed by atoms with Gasteiger partial charge in [-0.05, 0) is 0 Å². The number of esters is 3. The zero-order valence-corrected chi connectivity index (χ0v) is 18.7. The summed E-state index contributed by atoms with van der Waals surface area (Å²) < 4.78 is 24.2. The minimum Gasteiger partial charge on any atom is -0.463 e. The van der Waals surface area contributed by atoms with Gasteiger partial charge in [-0.15, -0.1) is 0 Å². The van der Waals surface area contributed by atoms with Gasteiger partial charge < -0.3 is 29.7 Å². The fourth-order valence-corrected chi connectivity index (χ4v) is 3.47. The number of aromatic amines is 1. The molecule has 0 bridgehead atoms. The number of ether oxygens (including phenoxy) is 4. The summed E-state index contributed by atoms with van der Waals surface area (Å²) in [6.45, 7) is 4.72. The van der Waals surface area contributed by atoms with Crippen molar-refractivity contribution in [2.45, 2.75) is 64.6 Å². The molecule has 0 amide bonds. The first-order chi connectivity index (χ1) is 15.3. The molecule has 1 aliphatic rings. The van der Waals surface area contributed by atoms with Crippen LogP contribution in [0.25, 0.3) is 11.2 Å². The van der Waals surface area contributed by atoms with Crippen LogP contribution >= 0.6 is 12.2 Å². The molecule has 3 heterocycles. The summed E-state index contributed by atoms with van der Waals surface area (Å²) in [5.41, 5.74) is 6.54. The minimum absolute atomic E-state index is 0.0618. The Morgan fingerprint density at radius 2 is 1.75 bits per heavy atom. The van der Waals surface area contributed by atoms with Crippen LogP contribution in [-0.4, -0.2) is 62.3 Å². The third-order valence-electron chi connectivity index (χ3n) is 4.83. The van der Waals surface area contributed by atoms with Crippen LogP contribution in [0.15, 0.2) is 6.33 Å². The van der Waals surface area contributed by atoms with E-state index in [9.17, 15) is 14.4 Å². The van der Waals surface area contributed by atoms with Crippen molar-refractivity contribution in [3.63, 3.8) is 0 Å². The topological polar surface area (TPSA) is 161 Å². The highest BCUT2D eigenvalue weighted by Crippen LogP contribution is 2.36. The fraction of sp³-hybridized carbons (Fsp3) is 0.579. The zero-order valence-electron chi connectivity index (χ0n) is 17.9. The van der Waals surface area contributed by atoms with Crippen molar-refractivity contribution < 1.29 is 33.3 Å². The molecule has 0 spiro atoms. The molecule has 1 aliphatic heterocycles. The van der Waals surface area contributed by atoms with Gasteiger partial charge in [-0.1, -0.05) is 33.0 Å². The second-order valence-electron chi connectivity index (χ2n) is 6.99. The van der Waals surface area contributed by atoms with Gasteiger partial charge in [0.1, 0.15) is 23.9 Å². The molecular formula is C19H25N5O7S. The second kappa shape index (κ2) is 10.0. The first-order valence-electron chi connectivity index (χ1n) is 10.2. The van der Waals surface area contributed by atoms with Crippen molar-refractivity contribution in [3.05, 3.63) is 11.0 Å². The molecule has 0 aromatic carbocycles. The molecule has 0 radical (unpaired) electrons. The average Bonchev–Trinajstić information content (AvgIpc) is 3.33. The molecule has 2 aromatic rings. The third kappa shape index (κ3) is 4.88. The number of H-pyrrole nitrogens is 1. The summed E-state index contributed by atoms with van der Waals surface area (Å²) in [6.07, 6.45) is -2.14. The van der Waals surface area contributed by atoms with Gasteiger partial charge in [0, 0.05) is 19.3 Å². The summed E-state index contributed by atoms with van der Waals surface area (Å²) in [5.74, 6) is -1.43. The van der Waals surface area contributed by atoms with Crippen LogP contribution < -0.4 is 5.73 Å². The lowest BCUT2D eigenvalue weighted by molar-refractivity contribution is -0.169. The van der Waals surface area contributed by atoms with Crippen molar-refractivity contribution in [1.29, 1.82) is 0 Å². The van der Waals surface area contributed by atoms with E-state index in [4.69, 9.17) is 36.9 Å². The predicted octanol–water partition coefficient (Wildman–Crippen LogP) is 1.57. The number of nitrogens with one attached hydrogen (secondary N) is 1. The number of rotatable bonds is 8. The van der Waals surface area contributed by atoms with Crippen LogP contribution in [-0.2, 0) is 33.3 Å². The maximum Gasteiger partial charge on any atom is 0.306 e. The van der Waals surface area contributed by atoms with Gasteiger partial charge in [0.05, 0.1) is 6.33 Å². The number of nitrogens with two attached hydrogens (primary N) is 1. The number of hydrogen-bond donors (Lipinski definition) is 2. The van der Waals surface area contributed by atoms with Crippen LogP contribution in [0.2, 0.25) is 0 Å². The molecule has 0 aliphatic carbocycles. The molecular weight excluding hydrogens is 442 g/mol. The highest BCUT2D eigenvalue weighted by Gasteiger charge is 2.51. The van der Waals surface area contributed by atoms with Crippen molar-refractivity contribution >= 4 is 47.2 Å². The zero-order chi connectivity index (χ0) is 23.4. The van der Waals surface area contributed by atoms with Gasteiger partial charge in [-0.3, -0.25) is 19.0 Å². The molecule has 12 nitrogen and oxygen atoms in total. The monoisotopic (exact) mass is 467 g/mol. The highest BCUT2D eigenvalue weighted by atomic mass is 32.1. The molecule has 2 aromatic heterocycles. The average molecular weight is 468 g/mol. The molecule has 3 rings (SSSR count). The van der Waals surface area contributed by atoms with E-state index in [2.05, 4.69) is 15.0 Å². The Morgan fingerprint density at radius 3 is 2.38 bits per heavy atom. The Balaban J connectivity index is 2.04. The Labute approximate surface area is 188 Å². The summed E-state index contributed by atoms with van der Waals surface area (Å²) >= 11 is 5.21. The van der Waals surface area contributed by atoms with Crippen molar-refractivity contribution in [2.75, 3.05) is 12.3 Å². The number of anilines is 1. The Hall–Kier alpha value is -3.06. The largest absolute Gasteiger partial charge is 0.463 e. The van der Waals surface area contributed by atoms with E-state index in [1.807, 2.05) is 0 Å². The smallest absolute Gasteiger partial charge is 0.306 e. The third-order valence-corrected chi connectivity index (χ3v) is 5.12. The van der Waals surface area contributed by atoms with Gasteiger partial charge in [-0.2, -0.15) is 0 Å². The lowest BCUT2D eigenvalue weighted by atomic mass is 10.1. The molecule has 174 valence electrons. The standard InChI is InChI=1S/C19H25N5O7S/c1-4-10(25)28-7-9-14(30-11(26)5-2)15(31-12(27)6-3)18(29-9)24-8-21-13-16(24)22-19(20)23-17(13)32/h8-9,14-15,18H,4-7H2,1-3H3,(H3,20,22,23,32). The molecule has 32 heavy (non-hydrogen) atoms. The number of fused-ring (bicyclic) bond motifs is 1. The van der Waals surface area contributed by atoms with Crippen molar-refractivity contribution in [2.24, 2.45) is 0 Å². The van der Waals surface area contributed by atoms with Gasteiger partial charge in [0.15, 0.2) is 29.0 Å². The van der Waals surface area contributed by atoms with Crippen molar-refractivity contribution in [1.82, 2.24) is 19.5 Å². The second-order valence-corrected chi connectivity index (χ2v) is 7.38.